The Bertz CT molecular complexity index is 707. The fraction of sp³-hybridized carbons (Fsp3) is 0.333. The van der Waals surface area contributed by atoms with Crippen molar-refractivity contribution in [1.82, 2.24) is 5.32 Å². The lowest BCUT2D eigenvalue weighted by Crippen LogP contribution is -2.39. The molecule has 1 aromatic heterocycles. The number of aliphatic carboxylic acids is 1. The normalized spacial score (nSPS) is 13.9. The molecule has 6 heteroatoms. The minimum absolute atomic E-state index is 0.177. The molecule has 0 aliphatic rings. The van der Waals surface area contributed by atoms with Crippen LogP contribution in [-0.2, 0) is 4.79 Å². The molecular formula is C15H16BrNO4. The standard InChI is InChI=1S/C15H16BrNO4/c1-7-4-11(16)5-10-6-12(21-13(7)10)14(18)17-9(3)8(2)15(19)20/h4-6,8-9H,1-3H3,(H,17,18)(H,19,20). The molecule has 0 spiro atoms. The van der Waals surface area contributed by atoms with Gasteiger partial charge in [-0.05, 0) is 44.5 Å². The van der Waals surface area contributed by atoms with E-state index in [9.17, 15) is 9.59 Å². The Morgan fingerprint density at radius 2 is 1.95 bits per heavy atom. The highest BCUT2D eigenvalue weighted by Crippen LogP contribution is 2.27. The van der Waals surface area contributed by atoms with Gasteiger partial charge >= 0.3 is 5.97 Å². The van der Waals surface area contributed by atoms with Crippen LogP contribution in [0.5, 0.6) is 0 Å². The van der Waals surface area contributed by atoms with E-state index in [0.717, 1.165) is 15.4 Å². The Morgan fingerprint density at radius 3 is 2.57 bits per heavy atom. The van der Waals surface area contributed by atoms with Gasteiger partial charge in [0.25, 0.3) is 5.91 Å². The smallest absolute Gasteiger partial charge is 0.308 e. The van der Waals surface area contributed by atoms with E-state index in [1.807, 2.05) is 19.1 Å². The molecule has 1 heterocycles. The molecule has 2 atom stereocenters. The van der Waals surface area contributed by atoms with Gasteiger partial charge in [0, 0.05) is 15.9 Å². The van der Waals surface area contributed by atoms with Crippen LogP contribution in [0.15, 0.2) is 27.1 Å². The van der Waals surface area contributed by atoms with Gasteiger partial charge in [0.05, 0.1) is 5.92 Å². The van der Waals surface area contributed by atoms with Crippen LogP contribution in [0, 0.1) is 12.8 Å². The molecule has 1 aromatic carbocycles. The predicted octanol–water partition coefficient (Wildman–Crippen LogP) is 3.34. The van der Waals surface area contributed by atoms with Gasteiger partial charge in [0.1, 0.15) is 5.58 Å². The summed E-state index contributed by atoms with van der Waals surface area (Å²) in [5.41, 5.74) is 1.58. The number of carboxylic acids is 1. The van der Waals surface area contributed by atoms with Crippen LogP contribution >= 0.6 is 15.9 Å². The Labute approximate surface area is 130 Å². The Balaban J connectivity index is 2.24. The molecule has 1 amide bonds. The predicted molar refractivity (Wildman–Crippen MR) is 82.4 cm³/mol. The van der Waals surface area contributed by atoms with Crippen molar-refractivity contribution in [3.8, 4) is 0 Å². The first-order valence-corrected chi connectivity index (χ1v) is 7.32. The molecule has 0 saturated carbocycles. The molecule has 0 bridgehead atoms. The number of carbonyl (C=O) groups is 2. The number of benzene rings is 1. The molecule has 0 radical (unpaired) electrons. The molecule has 0 saturated heterocycles. The number of hydrogen-bond acceptors (Lipinski definition) is 3. The maximum absolute atomic E-state index is 12.1. The average Bonchev–Trinajstić information content (AvgIpc) is 2.81. The maximum atomic E-state index is 12.1. The lowest BCUT2D eigenvalue weighted by atomic mass is 10.0. The highest BCUT2D eigenvalue weighted by Gasteiger charge is 2.23. The van der Waals surface area contributed by atoms with E-state index in [1.54, 1.807) is 19.9 Å². The van der Waals surface area contributed by atoms with Crippen LogP contribution in [0.3, 0.4) is 0 Å². The molecular weight excluding hydrogens is 338 g/mol. The Hall–Kier alpha value is -1.82. The first-order chi connectivity index (χ1) is 9.79. The number of hydrogen-bond donors (Lipinski definition) is 2. The fourth-order valence-corrected chi connectivity index (χ4v) is 2.60. The van der Waals surface area contributed by atoms with E-state index < -0.39 is 23.8 Å². The van der Waals surface area contributed by atoms with E-state index in [1.165, 1.54) is 0 Å². The number of rotatable bonds is 4. The number of carboxylic acid groups (broad SMARTS) is 1. The Morgan fingerprint density at radius 1 is 1.29 bits per heavy atom. The van der Waals surface area contributed by atoms with Crippen LogP contribution in [0.25, 0.3) is 11.0 Å². The van der Waals surface area contributed by atoms with Crippen molar-refractivity contribution in [2.45, 2.75) is 26.8 Å². The highest BCUT2D eigenvalue weighted by atomic mass is 79.9. The fourth-order valence-electron chi connectivity index (χ4n) is 2.01. The average molecular weight is 354 g/mol. The SMILES string of the molecule is Cc1cc(Br)cc2cc(C(=O)NC(C)C(C)C(=O)O)oc12. The number of aryl methyl sites for hydroxylation is 1. The van der Waals surface area contributed by atoms with Crippen LogP contribution in [0.4, 0.5) is 0 Å². The monoisotopic (exact) mass is 353 g/mol. The van der Waals surface area contributed by atoms with Crippen LogP contribution in [0.1, 0.15) is 30.0 Å². The van der Waals surface area contributed by atoms with Gasteiger partial charge in [-0.2, -0.15) is 0 Å². The number of amides is 1. The highest BCUT2D eigenvalue weighted by molar-refractivity contribution is 9.10. The van der Waals surface area contributed by atoms with Crippen molar-refractivity contribution in [1.29, 1.82) is 0 Å². The summed E-state index contributed by atoms with van der Waals surface area (Å²) >= 11 is 3.40. The van der Waals surface area contributed by atoms with Crippen molar-refractivity contribution in [2.75, 3.05) is 0 Å². The minimum atomic E-state index is -0.952. The second-order valence-electron chi connectivity index (χ2n) is 5.14. The minimum Gasteiger partial charge on any atom is -0.481 e. The van der Waals surface area contributed by atoms with Crippen LogP contribution in [-0.4, -0.2) is 23.0 Å². The van der Waals surface area contributed by atoms with Crippen molar-refractivity contribution < 1.29 is 19.1 Å². The number of fused-ring (bicyclic) bond motifs is 1. The van der Waals surface area contributed by atoms with Gasteiger partial charge in [-0.1, -0.05) is 15.9 Å². The summed E-state index contributed by atoms with van der Waals surface area (Å²) in [6.45, 7) is 5.10. The summed E-state index contributed by atoms with van der Waals surface area (Å²) in [6.07, 6.45) is 0. The second-order valence-corrected chi connectivity index (χ2v) is 6.06. The van der Waals surface area contributed by atoms with E-state index in [4.69, 9.17) is 9.52 Å². The summed E-state index contributed by atoms with van der Waals surface area (Å²) in [7, 11) is 0. The molecule has 21 heavy (non-hydrogen) atoms. The third-order valence-corrected chi connectivity index (χ3v) is 3.95. The number of halogens is 1. The topological polar surface area (TPSA) is 79.5 Å². The van der Waals surface area contributed by atoms with Gasteiger partial charge in [0.15, 0.2) is 5.76 Å². The van der Waals surface area contributed by atoms with Crippen molar-refractivity contribution in [3.63, 3.8) is 0 Å². The van der Waals surface area contributed by atoms with E-state index >= 15 is 0 Å². The Kier molecular flexibility index (Phi) is 4.37. The van der Waals surface area contributed by atoms with Gasteiger partial charge < -0.3 is 14.8 Å². The molecule has 2 aromatic rings. The summed E-state index contributed by atoms with van der Waals surface area (Å²) in [5.74, 6) is -1.86. The van der Waals surface area contributed by atoms with Crippen molar-refractivity contribution in [3.05, 3.63) is 34.0 Å². The molecule has 5 nitrogen and oxygen atoms in total. The van der Waals surface area contributed by atoms with Gasteiger partial charge in [0.2, 0.25) is 0 Å². The van der Waals surface area contributed by atoms with Crippen molar-refractivity contribution in [2.24, 2.45) is 5.92 Å². The molecule has 112 valence electrons. The zero-order valence-corrected chi connectivity index (χ0v) is 13.5. The third kappa shape index (κ3) is 3.26. The first-order valence-electron chi connectivity index (χ1n) is 6.53. The molecule has 2 N–H and O–H groups in total. The van der Waals surface area contributed by atoms with Crippen LogP contribution in [0.2, 0.25) is 0 Å². The third-order valence-electron chi connectivity index (χ3n) is 3.49. The van der Waals surface area contributed by atoms with Crippen molar-refractivity contribution >= 4 is 38.8 Å². The molecule has 0 aliphatic carbocycles. The van der Waals surface area contributed by atoms with E-state index in [-0.39, 0.29) is 5.76 Å². The summed E-state index contributed by atoms with van der Waals surface area (Å²) in [4.78, 5) is 23.0. The van der Waals surface area contributed by atoms with Crippen LogP contribution < -0.4 is 5.32 Å². The summed E-state index contributed by atoms with van der Waals surface area (Å²) in [6, 6.07) is 4.94. The molecule has 0 fully saturated rings. The molecule has 2 rings (SSSR count). The van der Waals surface area contributed by atoms with Gasteiger partial charge in [-0.25, -0.2) is 0 Å². The zero-order chi connectivity index (χ0) is 15.7. The summed E-state index contributed by atoms with van der Waals surface area (Å²) in [5, 5.41) is 12.4. The lowest BCUT2D eigenvalue weighted by molar-refractivity contribution is -0.141. The van der Waals surface area contributed by atoms with Gasteiger partial charge in [-0.15, -0.1) is 0 Å². The first kappa shape index (κ1) is 15.6. The zero-order valence-electron chi connectivity index (χ0n) is 11.9. The molecule has 2 unspecified atom stereocenters. The number of nitrogens with one attached hydrogen (secondary N) is 1. The summed E-state index contributed by atoms with van der Waals surface area (Å²) < 4.78 is 6.49. The van der Waals surface area contributed by atoms with Gasteiger partial charge in [-0.3, -0.25) is 9.59 Å². The largest absolute Gasteiger partial charge is 0.481 e. The molecule has 0 aliphatic heterocycles. The number of furan rings is 1. The van der Waals surface area contributed by atoms with E-state index in [0.29, 0.717) is 5.58 Å². The van der Waals surface area contributed by atoms with E-state index in [2.05, 4.69) is 21.2 Å². The maximum Gasteiger partial charge on any atom is 0.308 e. The second kappa shape index (κ2) is 5.89. The quantitative estimate of drug-likeness (QED) is 0.883. The number of carbonyl (C=O) groups excluding carboxylic acids is 1. The lowest BCUT2D eigenvalue weighted by Gasteiger charge is -2.16.